The summed E-state index contributed by atoms with van der Waals surface area (Å²) in [4.78, 5) is 35.1. The van der Waals surface area contributed by atoms with Crippen molar-refractivity contribution in [3.8, 4) is 17.2 Å². The Morgan fingerprint density at radius 3 is 2.21 bits per heavy atom. The van der Waals surface area contributed by atoms with Crippen LogP contribution in [-0.4, -0.2) is 44.2 Å². The number of rotatable bonds is 8. The Balaban J connectivity index is 2.15. The molecule has 0 aliphatic heterocycles. The number of hydrogen-bond acceptors (Lipinski definition) is 8. The van der Waals surface area contributed by atoms with Crippen LogP contribution in [-0.2, 0) is 9.53 Å². The highest BCUT2D eigenvalue weighted by Crippen LogP contribution is 2.35. The van der Waals surface area contributed by atoms with Crippen molar-refractivity contribution in [2.75, 3.05) is 26.6 Å². The van der Waals surface area contributed by atoms with Gasteiger partial charge >= 0.3 is 5.97 Å². The number of nitro benzene ring substituents is 1. The van der Waals surface area contributed by atoms with Crippen molar-refractivity contribution in [3.05, 3.63) is 52.1 Å². The quantitative estimate of drug-likeness (QED) is 0.404. The summed E-state index contributed by atoms with van der Waals surface area (Å²) in [6.07, 6.45) is -1.18. The van der Waals surface area contributed by atoms with Crippen molar-refractivity contribution in [1.82, 2.24) is 0 Å². The third-order valence-electron chi connectivity index (χ3n) is 3.90. The fourth-order valence-electron chi connectivity index (χ4n) is 2.41. The highest BCUT2D eigenvalue weighted by atomic mass is 16.6. The number of amides is 1. The lowest BCUT2D eigenvalue weighted by Crippen LogP contribution is -2.30. The van der Waals surface area contributed by atoms with Gasteiger partial charge in [-0.3, -0.25) is 14.9 Å². The molecule has 1 atom stereocenters. The molecule has 154 valence electrons. The molecular weight excluding hydrogens is 384 g/mol. The maximum atomic E-state index is 12.5. The van der Waals surface area contributed by atoms with Gasteiger partial charge in [0.05, 0.1) is 26.3 Å². The monoisotopic (exact) mass is 404 g/mol. The van der Waals surface area contributed by atoms with E-state index in [4.69, 9.17) is 18.9 Å². The van der Waals surface area contributed by atoms with Crippen molar-refractivity contribution in [2.24, 2.45) is 0 Å². The molecule has 2 aromatic carbocycles. The number of carbonyl (C=O) groups excluding carboxylic acids is 2. The van der Waals surface area contributed by atoms with Crippen molar-refractivity contribution in [1.29, 1.82) is 0 Å². The lowest BCUT2D eigenvalue weighted by atomic mass is 10.1. The van der Waals surface area contributed by atoms with E-state index in [1.807, 2.05) is 0 Å². The highest BCUT2D eigenvalue weighted by Gasteiger charge is 2.24. The van der Waals surface area contributed by atoms with Crippen LogP contribution in [0.5, 0.6) is 17.2 Å². The summed E-state index contributed by atoms with van der Waals surface area (Å²) in [5.41, 5.74) is 0.0680. The van der Waals surface area contributed by atoms with E-state index in [9.17, 15) is 19.7 Å². The molecule has 0 aliphatic rings. The van der Waals surface area contributed by atoms with Crippen LogP contribution in [0, 0.1) is 10.1 Å². The Hall–Kier alpha value is -3.82. The number of nitrogens with one attached hydrogen (secondary N) is 1. The van der Waals surface area contributed by atoms with Gasteiger partial charge in [-0.25, -0.2) is 4.79 Å². The zero-order chi connectivity index (χ0) is 21.6. The Bertz CT molecular complexity index is 928. The summed E-state index contributed by atoms with van der Waals surface area (Å²) in [6, 6.07) is 8.25. The number of hydrogen-bond donors (Lipinski definition) is 1. The molecule has 0 bridgehead atoms. The normalized spacial score (nSPS) is 11.2. The van der Waals surface area contributed by atoms with E-state index in [2.05, 4.69) is 5.32 Å². The zero-order valence-corrected chi connectivity index (χ0v) is 16.3. The predicted octanol–water partition coefficient (Wildman–Crippen LogP) is 2.80. The number of methoxy groups -OCH3 is 3. The molecule has 2 aromatic rings. The zero-order valence-electron chi connectivity index (χ0n) is 16.3. The summed E-state index contributed by atoms with van der Waals surface area (Å²) in [6.45, 7) is 1.37. The van der Waals surface area contributed by atoms with Crippen LogP contribution < -0.4 is 19.5 Å². The van der Waals surface area contributed by atoms with E-state index in [1.165, 1.54) is 64.7 Å². The maximum Gasteiger partial charge on any atom is 0.342 e. The topological polar surface area (TPSA) is 126 Å². The number of ether oxygens (including phenoxy) is 4. The molecule has 0 fully saturated rings. The predicted molar refractivity (Wildman–Crippen MR) is 103 cm³/mol. The van der Waals surface area contributed by atoms with Crippen LogP contribution in [0.25, 0.3) is 0 Å². The Morgan fingerprint density at radius 1 is 1.00 bits per heavy atom. The number of carbonyl (C=O) groups is 2. The first kappa shape index (κ1) is 21.5. The third-order valence-corrected chi connectivity index (χ3v) is 3.90. The minimum atomic E-state index is -1.18. The Kier molecular flexibility index (Phi) is 6.96. The number of anilines is 1. The average molecular weight is 404 g/mol. The van der Waals surface area contributed by atoms with Crippen LogP contribution in [0.1, 0.15) is 17.3 Å². The first-order valence-electron chi connectivity index (χ1n) is 8.37. The summed E-state index contributed by atoms with van der Waals surface area (Å²) in [5.74, 6) is -0.645. The molecular formula is C19H20N2O8. The third kappa shape index (κ3) is 5.12. The van der Waals surface area contributed by atoms with Gasteiger partial charge in [-0.2, -0.15) is 0 Å². The second-order valence-electron chi connectivity index (χ2n) is 5.75. The standard InChI is InChI=1S/C19H20N2O8/c1-11(18(22)20-12-6-5-7-13(8-12)21(24)25)29-19(23)14-9-16(27-3)17(28-4)10-15(14)26-2/h5-11H,1-4H3,(H,20,22)/t11-/m0/s1. The second kappa shape index (κ2) is 9.40. The van der Waals surface area contributed by atoms with Crippen molar-refractivity contribution >= 4 is 23.3 Å². The largest absolute Gasteiger partial charge is 0.496 e. The fourth-order valence-corrected chi connectivity index (χ4v) is 2.41. The smallest absolute Gasteiger partial charge is 0.342 e. The minimum Gasteiger partial charge on any atom is -0.496 e. The van der Waals surface area contributed by atoms with E-state index in [-0.39, 0.29) is 28.4 Å². The molecule has 0 unspecified atom stereocenters. The van der Waals surface area contributed by atoms with Gasteiger partial charge in [0.1, 0.15) is 11.3 Å². The number of nitro groups is 1. The molecule has 0 spiro atoms. The van der Waals surface area contributed by atoms with Gasteiger partial charge in [0.25, 0.3) is 11.6 Å². The molecule has 1 amide bonds. The number of benzene rings is 2. The lowest BCUT2D eigenvalue weighted by molar-refractivity contribution is -0.384. The molecule has 10 heteroatoms. The van der Waals surface area contributed by atoms with Crippen LogP contribution in [0.3, 0.4) is 0 Å². The van der Waals surface area contributed by atoms with E-state index in [1.54, 1.807) is 0 Å². The number of non-ortho nitro benzene ring substituents is 1. The van der Waals surface area contributed by atoms with Crippen molar-refractivity contribution in [3.63, 3.8) is 0 Å². The van der Waals surface area contributed by atoms with Gasteiger partial charge in [0.2, 0.25) is 0 Å². The Labute approximate surface area is 166 Å². The molecule has 1 N–H and O–H groups in total. The van der Waals surface area contributed by atoms with Crippen LogP contribution >= 0.6 is 0 Å². The minimum absolute atomic E-state index is 0.0418. The van der Waals surface area contributed by atoms with Gasteiger partial charge in [-0.15, -0.1) is 0 Å². The van der Waals surface area contributed by atoms with Gasteiger partial charge < -0.3 is 24.3 Å². The van der Waals surface area contributed by atoms with E-state index in [0.29, 0.717) is 5.75 Å². The average Bonchev–Trinajstić information content (AvgIpc) is 2.72. The molecule has 0 saturated carbocycles. The molecule has 0 aromatic heterocycles. The van der Waals surface area contributed by atoms with Crippen LogP contribution in [0.2, 0.25) is 0 Å². The molecule has 0 heterocycles. The number of nitrogens with zero attached hydrogens (tertiary/aromatic N) is 1. The SMILES string of the molecule is COc1cc(OC)c(C(=O)O[C@@H](C)C(=O)Nc2cccc([N+](=O)[O-])c2)cc1OC. The maximum absolute atomic E-state index is 12.5. The fraction of sp³-hybridized carbons (Fsp3) is 0.263. The lowest BCUT2D eigenvalue weighted by Gasteiger charge is -2.16. The molecule has 0 radical (unpaired) electrons. The molecule has 0 saturated heterocycles. The van der Waals surface area contributed by atoms with Gasteiger partial charge in [0, 0.05) is 30.0 Å². The molecule has 2 rings (SSSR count). The molecule has 29 heavy (non-hydrogen) atoms. The summed E-state index contributed by atoms with van der Waals surface area (Å²) < 4.78 is 20.7. The summed E-state index contributed by atoms with van der Waals surface area (Å²) >= 11 is 0. The summed E-state index contributed by atoms with van der Waals surface area (Å²) in [7, 11) is 4.22. The highest BCUT2D eigenvalue weighted by molar-refractivity contribution is 5.98. The number of esters is 1. The first-order chi connectivity index (χ1) is 13.8. The Morgan fingerprint density at radius 2 is 1.62 bits per heavy atom. The molecule has 10 nitrogen and oxygen atoms in total. The first-order valence-corrected chi connectivity index (χ1v) is 8.37. The van der Waals surface area contributed by atoms with Gasteiger partial charge in [0.15, 0.2) is 17.6 Å². The van der Waals surface area contributed by atoms with Crippen molar-refractivity contribution < 1.29 is 33.5 Å². The summed E-state index contributed by atoms with van der Waals surface area (Å²) in [5, 5.41) is 13.3. The van der Waals surface area contributed by atoms with Crippen LogP contribution in [0.15, 0.2) is 36.4 Å². The molecule has 0 aliphatic carbocycles. The van der Waals surface area contributed by atoms with Gasteiger partial charge in [-0.05, 0) is 13.0 Å². The van der Waals surface area contributed by atoms with E-state index >= 15 is 0 Å². The van der Waals surface area contributed by atoms with Crippen LogP contribution in [0.4, 0.5) is 11.4 Å². The second-order valence-corrected chi connectivity index (χ2v) is 5.75. The van der Waals surface area contributed by atoms with Gasteiger partial charge in [-0.1, -0.05) is 6.07 Å². The van der Waals surface area contributed by atoms with E-state index < -0.39 is 22.9 Å². The van der Waals surface area contributed by atoms with E-state index in [0.717, 1.165) is 0 Å². The van der Waals surface area contributed by atoms with Crippen molar-refractivity contribution in [2.45, 2.75) is 13.0 Å².